The molecule has 0 atom stereocenters. The van der Waals surface area contributed by atoms with Gasteiger partial charge in [-0.25, -0.2) is 0 Å². The number of hydrogen-bond donors (Lipinski definition) is 0. The summed E-state index contributed by atoms with van der Waals surface area (Å²) in [6.45, 7) is 2.20. The molecule has 70 valence electrons. The number of thioether (sulfide) groups is 1. The summed E-state index contributed by atoms with van der Waals surface area (Å²) in [6, 6.07) is 10.5. The quantitative estimate of drug-likeness (QED) is 0.499. The van der Waals surface area contributed by atoms with Crippen LogP contribution in [0.3, 0.4) is 0 Å². The third kappa shape index (κ3) is 4.79. The van der Waals surface area contributed by atoms with Crippen LogP contribution in [-0.2, 0) is 0 Å². The molecule has 0 aliphatic carbocycles. The minimum Gasteiger partial charge on any atom is -0.122 e. The molecule has 0 unspecified atom stereocenters. The van der Waals surface area contributed by atoms with Crippen molar-refractivity contribution in [3.63, 3.8) is 0 Å². The average Bonchev–Trinajstić information content (AvgIpc) is 2.19. The van der Waals surface area contributed by atoms with Gasteiger partial charge in [-0.3, -0.25) is 0 Å². The van der Waals surface area contributed by atoms with E-state index >= 15 is 0 Å². The Morgan fingerprint density at radius 1 is 1.15 bits per heavy atom. The molecule has 0 aliphatic heterocycles. The first-order valence-electron chi connectivity index (χ1n) is 4.76. The number of hydrogen-bond acceptors (Lipinski definition) is 1. The fourth-order valence-corrected chi connectivity index (χ4v) is 1.79. The van der Waals surface area contributed by atoms with Gasteiger partial charge in [0.2, 0.25) is 0 Å². The van der Waals surface area contributed by atoms with Crippen molar-refractivity contribution in [2.45, 2.75) is 24.7 Å². The Labute approximate surface area is 85.1 Å². The molecule has 1 aromatic rings. The van der Waals surface area contributed by atoms with E-state index < -0.39 is 0 Å². The zero-order chi connectivity index (χ0) is 9.36. The predicted molar refractivity (Wildman–Crippen MR) is 61.2 cm³/mol. The van der Waals surface area contributed by atoms with Crippen LogP contribution < -0.4 is 0 Å². The van der Waals surface area contributed by atoms with E-state index in [0.717, 1.165) is 5.75 Å². The van der Waals surface area contributed by atoms with Gasteiger partial charge in [0.25, 0.3) is 0 Å². The lowest BCUT2D eigenvalue weighted by atomic mass is 10.3. The maximum absolute atomic E-state index is 2.26. The summed E-state index contributed by atoms with van der Waals surface area (Å²) in [7, 11) is 0. The van der Waals surface area contributed by atoms with Gasteiger partial charge in [-0.05, 0) is 18.6 Å². The summed E-state index contributed by atoms with van der Waals surface area (Å²) in [5.74, 6) is 1.09. The molecule has 1 rings (SSSR count). The molecule has 0 amide bonds. The minimum absolute atomic E-state index is 1.09. The second-order valence-corrected chi connectivity index (χ2v) is 3.98. The highest BCUT2D eigenvalue weighted by atomic mass is 32.2. The van der Waals surface area contributed by atoms with Crippen LogP contribution in [0, 0.1) is 0 Å². The highest BCUT2D eigenvalue weighted by molar-refractivity contribution is 7.99. The van der Waals surface area contributed by atoms with Gasteiger partial charge in [-0.15, -0.1) is 11.8 Å². The summed E-state index contributed by atoms with van der Waals surface area (Å²) >= 11 is 1.88. The van der Waals surface area contributed by atoms with Crippen LogP contribution in [0.15, 0.2) is 47.4 Å². The zero-order valence-corrected chi connectivity index (χ0v) is 8.89. The normalized spacial score (nSPS) is 10.8. The molecule has 0 heterocycles. The molecular formula is C12H16S. The van der Waals surface area contributed by atoms with E-state index in [1.807, 2.05) is 11.8 Å². The predicted octanol–water partition coefficient (Wildman–Crippen LogP) is 4.14. The van der Waals surface area contributed by atoms with Gasteiger partial charge < -0.3 is 0 Å². The number of rotatable bonds is 5. The standard InChI is InChI=1S/C12H16S/c1-2-3-4-8-11-13-12-9-6-5-7-10-12/h4-10H,2-3,11H2,1H3/b8-4+. The van der Waals surface area contributed by atoms with E-state index in [9.17, 15) is 0 Å². The average molecular weight is 192 g/mol. The number of benzene rings is 1. The van der Waals surface area contributed by atoms with Crippen LogP contribution in [0.5, 0.6) is 0 Å². The van der Waals surface area contributed by atoms with E-state index in [1.54, 1.807) is 0 Å². The summed E-state index contributed by atoms with van der Waals surface area (Å²) in [4.78, 5) is 1.35. The van der Waals surface area contributed by atoms with Gasteiger partial charge in [0.15, 0.2) is 0 Å². The molecule has 0 saturated carbocycles. The molecule has 1 aromatic carbocycles. The molecule has 13 heavy (non-hydrogen) atoms. The second-order valence-electron chi connectivity index (χ2n) is 2.88. The summed E-state index contributed by atoms with van der Waals surface area (Å²) < 4.78 is 0. The highest BCUT2D eigenvalue weighted by Crippen LogP contribution is 2.16. The van der Waals surface area contributed by atoms with Crippen LogP contribution in [-0.4, -0.2) is 5.75 Å². The van der Waals surface area contributed by atoms with Crippen molar-refractivity contribution in [2.75, 3.05) is 5.75 Å². The lowest BCUT2D eigenvalue weighted by molar-refractivity contribution is 0.957. The van der Waals surface area contributed by atoms with Crippen molar-refractivity contribution in [2.24, 2.45) is 0 Å². The van der Waals surface area contributed by atoms with Crippen molar-refractivity contribution in [3.8, 4) is 0 Å². The molecule has 0 bridgehead atoms. The van der Waals surface area contributed by atoms with E-state index in [-0.39, 0.29) is 0 Å². The van der Waals surface area contributed by atoms with E-state index in [1.165, 1.54) is 17.7 Å². The third-order valence-corrected chi connectivity index (χ3v) is 2.68. The lowest BCUT2D eigenvalue weighted by Crippen LogP contribution is -1.72. The molecule has 0 aromatic heterocycles. The fraction of sp³-hybridized carbons (Fsp3) is 0.333. The second kappa shape index (κ2) is 6.79. The van der Waals surface area contributed by atoms with Crippen molar-refractivity contribution < 1.29 is 0 Å². The van der Waals surface area contributed by atoms with Crippen molar-refractivity contribution in [1.29, 1.82) is 0 Å². The fourth-order valence-electron chi connectivity index (χ4n) is 1.01. The summed E-state index contributed by atoms with van der Waals surface area (Å²) in [5, 5.41) is 0. The molecule has 0 fully saturated rings. The summed E-state index contributed by atoms with van der Waals surface area (Å²) in [6.07, 6.45) is 6.96. The Balaban J connectivity index is 2.20. The smallest absolute Gasteiger partial charge is 0.0160 e. The maximum Gasteiger partial charge on any atom is 0.0160 e. The van der Waals surface area contributed by atoms with Gasteiger partial charge in [-0.1, -0.05) is 43.7 Å². The van der Waals surface area contributed by atoms with Gasteiger partial charge in [0.05, 0.1) is 0 Å². The van der Waals surface area contributed by atoms with Gasteiger partial charge >= 0.3 is 0 Å². The third-order valence-electron chi connectivity index (χ3n) is 1.71. The first-order valence-corrected chi connectivity index (χ1v) is 5.75. The van der Waals surface area contributed by atoms with Gasteiger partial charge in [-0.2, -0.15) is 0 Å². The Morgan fingerprint density at radius 3 is 2.62 bits per heavy atom. The largest absolute Gasteiger partial charge is 0.122 e. The van der Waals surface area contributed by atoms with Crippen LogP contribution >= 0.6 is 11.8 Å². The van der Waals surface area contributed by atoms with Crippen molar-refractivity contribution >= 4 is 11.8 Å². The summed E-state index contributed by atoms with van der Waals surface area (Å²) in [5.41, 5.74) is 0. The Morgan fingerprint density at radius 2 is 1.92 bits per heavy atom. The van der Waals surface area contributed by atoms with Crippen LogP contribution in [0.4, 0.5) is 0 Å². The molecule has 0 radical (unpaired) electrons. The van der Waals surface area contributed by atoms with Crippen molar-refractivity contribution in [1.82, 2.24) is 0 Å². The topological polar surface area (TPSA) is 0 Å². The Bertz CT molecular complexity index is 239. The van der Waals surface area contributed by atoms with Crippen molar-refractivity contribution in [3.05, 3.63) is 42.5 Å². The van der Waals surface area contributed by atoms with Crippen LogP contribution in [0.2, 0.25) is 0 Å². The Hall–Kier alpha value is -0.690. The van der Waals surface area contributed by atoms with E-state index in [4.69, 9.17) is 0 Å². The van der Waals surface area contributed by atoms with Gasteiger partial charge in [0.1, 0.15) is 0 Å². The molecule has 0 N–H and O–H groups in total. The lowest BCUT2D eigenvalue weighted by Gasteiger charge is -1.95. The first kappa shape index (κ1) is 10.4. The Kier molecular flexibility index (Phi) is 5.42. The number of allylic oxidation sites excluding steroid dienone is 1. The molecule has 0 nitrogen and oxygen atoms in total. The maximum atomic E-state index is 2.26. The SMILES string of the molecule is CCC/C=C/CSc1ccccc1. The molecule has 1 heteroatoms. The zero-order valence-electron chi connectivity index (χ0n) is 8.07. The van der Waals surface area contributed by atoms with Crippen LogP contribution in [0.1, 0.15) is 19.8 Å². The van der Waals surface area contributed by atoms with Gasteiger partial charge in [0, 0.05) is 10.6 Å². The monoisotopic (exact) mass is 192 g/mol. The number of unbranched alkanes of at least 4 members (excludes halogenated alkanes) is 1. The molecule has 0 aliphatic rings. The molecule has 0 saturated heterocycles. The van der Waals surface area contributed by atoms with E-state index in [0.29, 0.717) is 0 Å². The minimum atomic E-state index is 1.09. The molecule has 0 spiro atoms. The van der Waals surface area contributed by atoms with Crippen LogP contribution in [0.25, 0.3) is 0 Å². The molecular weight excluding hydrogens is 176 g/mol. The highest BCUT2D eigenvalue weighted by Gasteiger charge is 1.87. The first-order chi connectivity index (χ1) is 6.43. The van der Waals surface area contributed by atoms with E-state index in [2.05, 4.69) is 49.4 Å².